The molecule has 1 aliphatic rings. The minimum absolute atomic E-state index is 0.0637. The van der Waals surface area contributed by atoms with Crippen molar-refractivity contribution in [1.29, 1.82) is 0 Å². The van der Waals surface area contributed by atoms with Crippen molar-refractivity contribution in [2.75, 3.05) is 28.6 Å². The fourth-order valence-electron chi connectivity index (χ4n) is 2.76. The first-order valence-electron chi connectivity index (χ1n) is 7.37. The van der Waals surface area contributed by atoms with E-state index in [9.17, 15) is 4.79 Å². The van der Waals surface area contributed by atoms with E-state index >= 15 is 0 Å². The summed E-state index contributed by atoms with van der Waals surface area (Å²) in [5, 5.41) is 6.34. The Morgan fingerprint density at radius 3 is 2.82 bits per heavy atom. The van der Waals surface area contributed by atoms with E-state index in [0.717, 1.165) is 17.9 Å². The van der Waals surface area contributed by atoms with Crippen LogP contribution in [0.25, 0.3) is 0 Å². The normalized spacial score (nSPS) is 15.6. The number of pyridine rings is 1. The van der Waals surface area contributed by atoms with Crippen molar-refractivity contribution in [1.82, 2.24) is 4.98 Å². The number of hydrogen-bond donors (Lipinski definition) is 2. The second kappa shape index (κ2) is 5.67. The molecule has 114 valence electrons. The van der Waals surface area contributed by atoms with Crippen LogP contribution in [0.4, 0.5) is 17.2 Å². The Morgan fingerprint density at radius 1 is 1.27 bits per heavy atom. The molecule has 2 heterocycles. The SMILES string of the molecule is CC1(C)CN(CC(=O)Nc2ccccn2)c2ccccc2N1. The van der Waals surface area contributed by atoms with Gasteiger partial charge in [-0.05, 0) is 38.1 Å². The van der Waals surface area contributed by atoms with Crippen LogP contribution >= 0.6 is 0 Å². The predicted molar refractivity (Wildman–Crippen MR) is 89.2 cm³/mol. The maximum atomic E-state index is 12.3. The third kappa shape index (κ3) is 3.19. The monoisotopic (exact) mass is 296 g/mol. The maximum absolute atomic E-state index is 12.3. The molecule has 0 radical (unpaired) electrons. The largest absolute Gasteiger partial charge is 0.377 e. The molecule has 1 aromatic heterocycles. The molecule has 0 saturated carbocycles. The number of hydrogen-bond acceptors (Lipinski definition) is 4. The molecule has 1 aromatic carbocycles. The van der Waals surface area contributed by atoms with E-state index in [4.69, 9.17) is 0 Å². The summed E-state index contributed by atoms with van der Waals surface area (Å²) in [5.41, 5.74) is 2.03. The first-order valence-corrected chi connectivity index (χ1v) is 7.37. The smallest absolute Gasteiger partial charge is 0.245 e. The van der Waals surface area contributed by atoms with Gasteiger partial charge in [0.05, 0.1) is 17.9 Å². The third-order valence-corrected chi connectivity index (χ3v) is 3.57. The number of anilines is 3. The molecular weight excluding hydrogens is 276 g/mol. The fraction of sp³-hybridized carbons (Fsp3) is 0.294. The average molecular weight is 296 g/mol. The highest BCUT2D eigenvalue weighted by atomic mass is 16.2. The van der Waals surface area contributed by atoms with Gasteiger partial charge in [-0.3, -0.25) is 4.79 Å². The molecule has 3 rings (SSSR count). The lowest BCUT2D eigenvalue weighted by atomic mass is 9.99. The number of carbonyl (C=O) groups is 1. The zero-order valence-electron chi connectivity index (χ0n) is 12.8. The van der Waals surface area contributed by atoms with Crippen LogP contribution in [0.1, 0.15) is 13.8 Å². The van der Waals surface area contributed by atoms with E-state index in [0.29, 0.717) is 12.4 Å². The molecule has 0 aliphatic carbocycles. The minimum Gasteiger partial charge on any atom is -0.377 e. The summed E-state index contributed by atoms with van der Waals surface area (Å²) in [7, 11) is 0. The summed E-state index contributed by atoms with van der Waals surface area (Å²) >= 11 is 0. The number of carbonyl (C=O) groups excluding carboxylic acids is 1. The van der Waals surface area contributed by atoms with E-state index in [2.05, 4.69) is 34.4 Å². The van der Waals surface area contributed by atoms with Crippen molar-refractivity contribution in [3.8, 4) is 0 Å². The molecule has 2 aromatic rings. The predicted octanol–water partition coefficient (Wildman–Crippen LogP) is 2.73. The highest BCUT2D eigenvalue weighted by Crippen LogP contribution is 2.33. The van der Waals surface area contributed by atoms with Gasteiger partial charge in [0.1, 0.15) is 5.82 Å². The molecule has 0 saturated heterocycles. The van der Waals surface area contributed by atoms with Crippen molar-refractivity contribution in [3.05, 3.63) is 48.7 Å². The van der Waals surface area contributed by atoms with Gasteiger partial charge < -0.3 is 15.5 Å². The number of benzene rings is 1. The molecule has 5 nitrogen and oxygen atoms in total. The van der Waals surface area contributed by atoms with E-state index in [1.807, 2.05) is 36.4 Å². The van der Waals surface area contributed by atoms with Gasteiger partial charge in [0.2, 0.25) is 5.91 Å². The standard InChI is InChI=1S/C17H20N4O/c1-17(2)12-21(14-8-4-3-7-13(14)20-17)11-16(22)19-15-9-5-6-10-18-15/h3-10,20H,11-12H2,1-2H3,(H,18,19,22). The summed E-state index contributed by atoms with van der Waals surface area (Å²) in [6.07, 6.45) is 1.67. The molecular formula is C17H20N4O. The van der Waals surface area contributed by atoms with Crippen molar-refractivity contribution < 1.29 is 4.79 Å². The van der Waals surface area contributed by atoms with Gasteiger partial charge in [-0.2, -0.15) is 0 Å². The van der Waals surface area contributed by atoms with Crippen molar-refractivity contribution in [2.24, 2.45) is 0 Å². The van der Waals surface area contributed by atoms with Crippen LogP contribution < -0.4 is 15.5 Å². The number of amides is 1. The quantitative estimate of drug-likeness (QED) is 0.914. The van der Waals surface area contributed by atoms with Gasteiger partial charge in [0.25, 0.3) is 0 Å². The lowest BCUT2D eigenvalue weighted by Gasteiger charge is -2.41. The van der Waals surface area contributed by atoms with Crippen LogP contribution in [0.3, 0.4) is 0 Å². The first-order chi connectivity index (χ1) is 10.5. The Morgan fingerprint density at radius 2 is 2.05 bits per heavy atom. The average Bonchev–Trinajstić information content (AvgIpc) is 2.47. The van der Waals surface area contributed by atoms with Crippen LogP contribution in [0.5, 0.6) is 0 Å². The summed E-state index contributed by atoms with van der Waals surface area (Å²) in [5.74, 6) is 0.515. The van der Waals surface area contributed by atoms with Crippen molar-refractivity contribution in [3.63, 3.8) is 0 Å². The summed E-state index contributed by atoms with van der Waals surface area (Å²) in [6, 6.07) is 13.5. The maximum Gasteiger partial charge on any atom is 0.245 e. The first kappa shape index (κ1) is 14.4. The van der Waals surface area contributed by atoms with E-state index in [1.54, 1.807) is 12.3 Å². The number of aromatic nitrogens is 1. The Hall–Kier alpha value is -2.56. The Labute approximate surface area is 130 Å². The second-order valence-corrected chi connectivity index (χ2v) is 6.15. The number of nitrogens with zero attached hydrogens (tertiary/aromatic N) is 2. The lowest BCUT2D eigenvalue weighted by Crippen LogP contribution is -2.50. The molecule has 0 spiro atoms. The number of para-hydroxylation sites is 2. The molecule has 22 heavy (non-hydrogen) atoms. The van der Waals surface area contributed by atoms with Crippen LogP contribution in [0, 0.1) is 0 Å². The number of nitrogens with one attached hydrogen (secondary N) is 2. The molecule has 1 aliphatic heterocycles. The third-order valence-electron chi connectivity index (χ3n) is 3.57. The van der Waals surface area contributed by atoms with Gasteiger partial charge in [-0.1, -0.05) is 18.2 Å². The van der Waals surface area contributed by atoms with E-state index in [1.165, 1.54) is 0 Å². The van der Waals surface area contributed by atoms with Crippen LogP contribution in [-0.4, -0.2) is 29.5 Å². The number of fused-ring (bicyclic) bond motifs is 1. The molecule has 0 unspecified atom stereocenters. The van der Waals surface area contributed by atoms with Crippen LogP contribution in [-0.2, 0) is 4.79 Å². The van der Waals surface area contributed by atoms with E-state index < -0.39 is 0 Å². The molecule has 0 atom stereocenters. The Kier molecular flexibility index (Phi) is 3.71. The van der Waals surface area contributed by atoms with E-state index in [-0.39, 0.29) is 11.4 Å². The Balaban J connectivity index is 1.75. The molecule has 0 bridgehead atoms. The zero-order chi connectivity index (χ0) is 15.6. The lowest BCUT2D eigenvalue weighted by molar-refractivity contribution is -0.115. The second-order valence-electron chi connectivity index (χ2n) is 6.15. The highest BCUT2D eigenvalue weighted by molar-refractivity contribution is 5.94. The van der Waals surface area contributed by atoms with Gasteiger partial charge >= 0.3 is 0 Å². The number of rotatable bonds is 3. The van der Waals surface area contributed by atoms with Crippen molar-refractivity contribution in [2.45, 2.75) is 19.4 Å². The van der Waals surface area contributed by atoms with Crippen molar-refractivity contribution >= 4 is 23.1 Å². The highest BCUT2D eigenvalue weighted by Gasteiger charge is 2.30. The molecule has 5 heteroatoms. The minimum atomic E-state index is -0.0837. The topological polar surface area (TPSA) is 57.3 Å². The summed E-state index contributed by atoms with van der Waals surface area (Å²) in [4.78, 5) is 18.5. The Bertz CT molecular complexity index is 669. The van der Waals surface area contributed by atoms with Gasteiger partial charge in [-0.25, -0.2) is 4.98 Å². The summed E-state index contributed by atoms with van der Waals surface area (Å²) in [6.45, 7) is 5.33. The zero-order valence-corrected chi connectivity index (χ0v) is 12.8. The van der Waals surface area contributed by atoms with Gasteiger partial charge in [-0.15, -0.1) is 0 Å². The molecule has 1 amide bonds. The molecule has 2 N–H and O–H groups in total. The van der Waals surface area contributed by atoms with Gasteiger partial charge in [0, 0.05) is 18.3 Å². The van der Waals surface area contributed by atoms with Crippen LogP contribution in [0.2, 0.25) is 0 Å². The summed E-state index contributed by atoms with van der Waals surface area (Å²) < 4.78 is 0. The molecule has 0 fully saturated rings. The van der Waals surface area contributed by atoms with Crippen LogP contribution in [0.15, 0.2) is 48.7 Å². The van der Waals surface area contributed by atoms with Gasteiger partial charge in [0.15, 0.2) is 0 Å². The fourth-order valence-corrected chi connectivity index (χ4v) is 2.76.